The van der Waals surface area contributed by atoms with Gasteiger partial charge in [0.1, 0.15) is 5.75 Å². The highest BCUT2D eigenvalue weighted by molar-refractivity contribution is 7.99. The summed E-state index contributed by atoms with van der Waals surface area (Å²) in [4.78, 5) is 12.3. The molecular formula is C21H23ClN4O2S. The Morgan fingerprint density at radius 3 is 2.69 bits per heavy atom. The SMILES string of the molecule is Cc1ccc(NC(=O)CSc2nnc(C(C)Oc3ccccc3Cl)n2C)cc1C. The van der Waals surface area contributed by atoms with Crippen molar-refractivity contribution in [1.82, 2.24) is 14.8 Å². The normalized spacial score (nSPS) is 11.9. The van der Waals surface area contributed by atoms with Crippen molar-refractivity contribution in [3.63, 3.8) is 0 Å². The standard InChI is InChI=1S/C21H23ClN4O2S/c1-13-9-10-16(11-14(13)2)23-19(27)12-29-21-25-24-20(26(21)4)15(3)28-18-8-6-5-7-17(18)22/h5-11,15H,12H2,1-4H3,(H,23,27). The second-order valence-corrected chi connectivity index (χ2v) is 8.08. The number of ether oxygens (including phenoxy) is 1. The van der Waals surface area contributed by atoms with Gasteiger partial charge in [0.15, 0.2) is 17.1 Å². The number of hydrogen-bond donors (Lipinski definition) is 1. The third-order valence-electron chi connectivity index (χ3n) is 4.50. The van der Waals surface area contributed by atoms with Crippen molar-refractivity contribution in [2.45, 2.75) is 32.0 Å². The Hall–Kier alpha value is -2.51. The summed E-state index contributed by atoms with van der Waals surface area (Å²) < 4.78 is 7.74. The predicted octanol–water partition coefficient (Wildman–Crippen LogP) is 4.96. The summed E-state index contributed by atoms with van der Waals surface area (Å²) in [5, 5.41) is 12.5. The Balaban J connectivity index is 1.59. The summed E-state index contributed by atoms with van der Waals surface area (Å²) in [5.41, 5.74) is 3.12. The van der Waals surface area contributed by atoms with Gasteiger partial charge in [-0.05, 0) is 56.2 Å². The molecule has 1 unspecified atom stereocenters. The number of rotatable bonds is 7. The van der Waals surface area contributed by atoms with Crippen LogP contribution in [0.5, 0.6) is 5.75 Å². The van der Waals surface area contributed by atoms with Crippen LogP contribution in [-0.4, -0.2) is 26.4 Å². The number of benzene rings is 2. The summed E-state index contributed by atoms with van der Waals surface area (Å²) in [5.74, 6) is 1.38. The molecule has 3 rings (SSSR count). The van der Waals surface area contributed by atoms with E-state index in [1.54, 1.807) is 6.07 Å². The van der Waals surface area contributed by atoms with Gasteiger partial charge >= 0.3 is 0 Å². The number of nitrogens with zero attached hydrogens (tertiary/aromatic N) is 3. The number of hydrogen-bond acceptors (Lipinski definition) is 5. The van der Waals surface area contributed by atoms with Crippen molar-refractivity contribution in [2.75, 3.05) is 11.1 Å². The quantitative estimate of drug-likeness (QED) is 0.536. The zero-order chi connectivity index (χ0) is 21.0. The van der Waals surface area contributed by atoms with Gasteiger partial charge in [-0.3, -0.25) is 4.79 Å². The average Bonchev–Trinajstić information content (AvgIpc) is 3.05. The van der Waals surface area contributed by atoms with Gasteiger partial charge in [-0.15, -0.1) is 10.2 Å². The van der Waals surface area contributed by atoms with Crippen LogP contribution in [0, 0.1) is 13.8 Å². The predicted molar refractivity (Wildman–Crippen MR) is 117 cm³/mol. The van der Waals surface area contributed by atoms with Gasteiger partial charge in [0, 0.05) is 12.7 Å². The number of halogens is 1. The molecule has 0 aliphatic carbocycles. The first kappa shape index (κ1) is 21.2. The lowest BCUT2D eigenvalue weighted by Crippen LogP contribution is -2.15. The van der Waals surface area contributed by atoms with E-state index >= 15 is 0 Å². The largest absolute Gasteiger partial charge is 0.481 e. The van der Waals surface area contributed by atoms with Crippen molar-refractivity contribution < 1.29 is 9.53 Å². The maximum Gasteiger partial charge on any atom is 0.234 e. The van der Waals surface area contributed by atoms with Gasteiger partial charge in [0.2, 0.25) is 5.91 Å². The Labute approximate surface area is 179 Å². The summed E-state index contributed by atoms with van der Waals surface area (Å²) in [6, 6.07) is 13.1. The highest BCUT2D eigenvalue weighted by Crippen LogP contribution is 2.29. The van der Waals surface area contributed by atoms with E-state index in [0.29, 0.717) is 21.8 Å². The minimum Gasteiger partial charge on any atom is -0.481 e. The lowest BCUT2D eigenvalue weighted by Gasteiger charge is -2.15. The molecule has 8 heteroatoms. The number of aryl methyl sites for hydroxylation is 2. The van der Waals surface area contributed by atoms with Crippen molar-refractivity contribution in [3.8, 4) is 5.75 Å². The second kappa shape index (κ2) is 9.33. The maximum atomic E-state index is 12.3. The van der Waals surface area contributed by atoms with E-state index in [2.05, 4.69) is 15.5 Å². The van der Waals surface area contributed by atoms with Crippen LogP contribution in [-0.2, 0) is 11.8 Å². The second-order valence-electron chi connectivity index (χ2n) is 6.73. The zero-order valence-corrected chi connectivity index (χ0v) is 18.3. The molecule has 0 fully saturated rings. The van der Waals surface area contributed by atoms with E-state index < -0.39 is 0 Å². The van der Waals surface area contributed by atoms with Gasteiger partial charge < -0.3 is 14.6 Å². The fourth-order valence-electron chi connectivity index (χ4n) is 2.74. The molecule has 0 bridgehead atoms. The Bertz CT molecular complexity index is 1020. The maximum absolute atomic E-state index is 12.3. The minimum atomic E-state index is -0.342. The first-order chi connectivity index (χ1) is 13.8. The number of nitrogens with one attached hydrogen (secondary N) is 1. The van der Waals surface area contributed by atoms with Gasteiger partial charge in [-0.2, -0.15) is 0 Å². The number of carbonyl (C=O) groups is 1. The molecule has 1 aromatic heterocycles. The molecule has 0 aliphatic rings. The van der Waals surface area contributed by atoms with E-state index in [-0.39, 0.29) is 17.8 Å². The summed E-state index contributed by atoms with van der Waals surface area (Å²) >= 11 is 7.48. The van der Waals surface area contributed by atoms with Gasteiger partial charge in [0.25, 0.3) is 0 Å². The number of aromatic nitrogens is 3. The van der Waals surface area contributed by atoms with Crippen molar-refractivity contribution in [2.24, 2.45) is 7.05 Å². The average molecular weight is 431 g/mol. The smallest absolute Gasteiger partial charge is 0.234 e. The van der Waals surface area contributed by atoms with Crippen LogP contribution >= 0.6 is 23.4 Å². The number of para-hydroxylation sites is 1. The molecule has 1 atom stereocenters. The van der Waals surface area contributed by atoms with Crippen molar-refractivity contribution >= 4 is 35.0 Å². The summed E-state index contributed by atoms with van der Waals surface area (Å²) in [6.45, 7) is 5.94. The number of carbonyl (C=O) groups excluding carboxylic acids is 1. The third-order valence-corrected chi connectivity index (χ3v) is 5.83. The molecule has 29 heavy (non-hydrogen) atoms. The summed E-state index contributed by atoms with van der Waals surface area (Å²) in [6.07, 6.45) is -0.342. The van der Waals surface area contributed by atoms with Crippen LogP contribution in [0.3, 0.4) is 0 Å². The van der Waals surface area contributed by atoms with Gasteiger partial charge in [-0.25, -0.2) is 0 Å². The molecule has 0 radical (unpaired) electrons. The molecule has 0 saturated heterocycles. The lowest BCUT2D eigenvalue weighted by molar-refractivity contribution is -0.113. The first-order valence-corrected chi connectivity index (χ1v) is 10.5. The first-order valence-electron chi connectivity index (χ1n) is 9.15. The molecule has 0 saturated carbocycles. The van der Waals surface area contributed by atoms with E-state index in [4.69, 9.17) is 16.3 Å². The molecular weight excluding hydrogens is 408 g/mol. The van der Waals surface area contributed by atoms with Crippen molar-refractivity contribution in [1.29, 1.82) is 0 Å². The topological polar surface area (TPSA) is 69.0 Å². The van der Waals surface area contributed by atoms with E-state index in [1.165, 1.54) is 17.3 Å². The monoisotopic (exact) mass is 430 g/mol. The lowest BCUT2D eigenvalue weighted by atomic mass is 10.1. The number of anilines is 1. The van der Waals surface area contributed by atoms with Crippen LogP contribution in [0.25, 0.3) is 0 Å². The Morgan fingerprint density at radius 2 is 1.97 bits per heavy atom. The van der Waals surface area contributed by atoms with E-state index in [9.17, 15) is 4.79 Å². The van der Waals surface area contributed by atoms with Crippen LogP contribution in [0.1, 0.15) is 30.0 Å². The van der Waals surface area contributed by atoms with Gasteiger partial charge in [-0.1, -0.05) is 41.6 Å². The molecule has 152 valence electrons. The molecule has 1 amide bonds. The van der Waals surface area contributed by atoms with Crippen LogP contribution in [0.4, 0.5) is 5.69 Å². The zero-order valence-electron chi connectivity index (χ0n) is 16.8. The number of amides is 1. The van der Waals surface area contributed by atoms with Gasteiger partial charge in [0.05, 0.1) is 10.8 Å². The third kappa shape index (κ3) is 5.31. The molecule has 2 aromatic carbocycles. The molecule has 6 nitrogen and oxygen atoms in total. The van der Waals surface area contributed by atoms with E-state index in [0.717, 1.165) is 11.3 Å². The minimum absolute atomic E-state index is 0.0943. The van der Waals surface area contributed by atoms with Crippen LogP contribution < -0.4 is 10.1 Å². The fraction of sp³-hybridized carbons (Fsp3) is 0.286. The highest BCUT2D eigenvalue weighted by atomic mass is 35.5. The Kier molecular flexibility index (Phi) is 6.82. The van der Waals surface area contributed by atoms with Crippen molar-refractivity contribution in [3.05, 3.63) is 64.4 Å². The Morgan fingerprint density at radius 1 is 1.21 bits per heavy atom. The van der Waals surface area contributed by atoms with Crippen LogP contribution in [0.2, 0.25) is 5.02 Å². The molecule has 3 aromatic rings. The molecule has 0 spiro atoms. The summed E-state index contributed by atoms with van der Waals surface area (Å²) in [7, 11) is 1.85. The highest BCUT2D eigenvalue weighted by Gasteiger charge is 2.19. The molecule has 1 heterocycles. The van der Waals surface area contributed by atoms with Crippen LogP contribution in [0.15, 0.2) is 47.6 Å². The number of thioether (sulfide) groups is 1. The molecule has 0 aliphatic heterocycles. The molecule has 1 N–H and O–H groups in total. The fourth-order valence-corrected chi connectivity index (χ4v) is 3.63. The van der Waals surface area contributed by atoms with E-state index in [1.807, 2.05) is 68.8 Å².